The van der Waals surface area contributed by atoms with Gasteiger partial charge in [-0.1, -0.05) is 11.6 Å². The summed E-state index contributed by atoms with van der Waals surface area (Å²) in [6, 6.07) is 4.09. The highest BCUT2D eigenvalue weighted by Crippen LogP contribution is 2.31. The van der Waals surface area contributed by atoms with Crippen LogP contribution >= 0.6 is 22.9 Å². The third-order valence-electron chi connectivity index (χ3n) is 2.91. The van der Waals surface area contributed by atoms with Gasteiger partial charge in [-0.25, -0.2) is 4.39 Å². The maximum absolute atomic E-state index is 13.3. The Balaban J connectivity index is 2.24. The van der Waals surface area contributed by atoms with Gasteiger partial charge in [-0.2, -0.15) is 0 Å². The zero-order chi connectivity index (χ0) is 14.9. The highest BCUT2D eigenvalue weighted by Gasteiger charge is 2.17. The number of rotatable bonds is 4. The first-order chi connectivity index (χ1) is 9.38. The molecule has 1 aromatic carbocycles. The van der Waals surface area contributed by atoms with E-state index in [0.29, 0.717) is 6.54 Å². The number of halogens is 2. The number of aryl methyl sites for hydroxylation is 2. The molecule has 106 valence electrons. The smallest absolute Gasteiger partial charge is 0.295 e. The van der Waals surface area contributed by atoms with E-state index < -0.39 is 10.7 Å². The lowest BCUT2D eigenvalue weighted by Gasteiger charge is -2.07. The van der Waals surface area contributed by atoms with Crippen LogP contribution in [0.5, 0.6) is 0 Å². The Kier molecular flexibility index (Phi) is 4.25. The second-order valence-corrected chi connectivity index (χ2v) is 6.09. The van der Waals surface area contributed by atoms with Crippen molar-refractivity contribution in [1.82, 2.24) is 0 Å². The van der Waals surface area contributed by atoms with Gasteiger partial charge in [-0.05, 0) is 31.5 Å². The minimum Gasteiger partial charge on any atom is -0.375 e. The summed E-state index contributed by atoms with van der Waals surface area (Å²) in [5.74, 6) is -0.799. The summed E-state index contributed by atoms with van der Waals surface area (Å²) >= 11 is 7.28. The molecule has 0 atom stereocenters. The Labute approximate surface area is 124 Å². The lowest BCUT2D eigenvalue weighted by molar-refractivity contribution is -0.384. The van der Waals surface area contributed by atoms with E-state index >= 15 is 0 Å². The summed E-state index contributed by atoms with van der Waals surface area (Å²) in [5.41, 5.74) is 1.07. The standard InChI is InChI=1S/C13H12ClFN2O2S/c1-7-3-9(20-8(7)2)6-16-12-4-10(14)11(15)5-13(12)17(18)19/h3-5,16H,6H2,1-2H3. The highest BCUT2D eigenvalue weighted by atomic mass is 35.5. The molecule has 0 aliphatic carbocycles. The molecule has 0 bridgehead atoms. The number of nitro groups is 1. The van der Waals surface area contributed by atoms with Gasteiger partial charge < -0.3 is 5.32 Å². The van der Waals surface area contributed by atoms with Crippen LogP contribution in [0.25, 0.3) is 0 Å². The van der Waals surface area contributed by atoms with Gasteiger partial charge in [0.2, 0.25) is 0 Å². The van der Waals surface area contributed by atoms with Crippen molar-refractivity contribution in [2.24, 2.45) is 0 Å². The Hall–Kier alpha value is -1.66. The van der Waals surface area contributed by atoms with Crippen LogP contribution in [0.2, 0.25) is 5.02 Å². The summed E-state index contributed by atoms with van der Waals surface area (Å²) in [7, 11) is 0. The molecule has 0 radical (unpaired) electrons. The molecule has 0 amide bonds. The highest BCUT2D eigenvalue weighted by molar-refractivity contribution is 7.12. The molecule has 0 unspecified atom stereocenters. The molecule has 0 aliphatic rings. The van der Waals surface area contributed by atoms with Crippen molar-refractivity contribution in [3.8, 4) is 0 Å². The summed E-state index contributed by atoms with van der Waals surface area (Å²) in [6.45, 7) is 4.45. The van der Waals surface area contributed by atoms with Crippen LogP contribution in [0.4, 0.5) is 15.8 Å². The van der Waals surface area contributed by atoms with Gasteiger partial charge in [0.25, 0.3) is 5.69 Å². The first kappa shape index (κ1) is 14.7. The van der Waals surface area contributed by atoms with E-state index in [1.165, 1.54) is 16.5 Å². The van der Waals surface area contributed by atoms with E-state index in [1.807, 2.05) is 19.9 Å². The number of nitrogens with one attached hydrogen (secondary N) is 1. The number of hydrogen-bond acceptors (Lipinski definition) is 4. The largest absolute Gasteiger partial charge is 0.375 e. The second-order valence-electron chi connectivity index (χ2n) is 4.35. The molecular formula is C13H12ClFN2O2S. The zero-order valence-corrected chi connectivity index (χ0v) is 12.4. The third kappa shape index (κ3) is 3.08. The fourth-order valence-corrected chi connectivity index (χ4v) is 2.91. The fourth-order valence-electron chi connectivity index (χ4n) is 1.75. The van der Waals surface area contributed by atoms with Crippen molar-refractivity contribution < 1.29 is 9.31 Å². The predicted octanol–water partition coefficient (Wildman–Crippen LogP) is 4.68. The molecule has 7 heteroatoms. The van der Waals surface area contributed by atoms with Crippen molar-refractivity contribution in [2.45, 2.75) is 20.4 Å². The average molecular weight is 315 g/mol. The summed E-state index contributed by atoms with van der Waals surface area (Å²) in [4.78, 5) is 12.5. The lowest BCUT2D eigenvalue weighted by atomic mass is 10.2. The number of nitrogens with zero attached hydrogens (tertiary/aromatic N) is 1. The predicted molar refractivity (Wildman–Crippen MR) is 79.2 cm³/mol. The first-order valence-corrected chi connectivity index (χ1v) is 7.01. The maximum atomic E-state index is 13.3. The van der Waals surface area contributed by atoms with Crippen LogP contribution < -0.4 is 5.32 Å². The molecule has 2 aromatic rings. The van der Waals surface area contributed by atoms with E-state index in [0.717, 1.165) is 10.9 Å². The van der Waals surface area contributed by atoms with E-state index in [2.05, 4.69) is 5.32 Å². The van der Waals surface area contributed by atoms with Crippen LogP contribution in [-0.4, -0.2) is 4.92 Å². The van der Waals surface area contributed by atoms with Gasteiger partial charge in [0, 0.05) is 16.3 Å². The summed E-state index contributed by atoms with van der Waals surface area (Å²) < 4.78 is 13.3. The number of thiophene rings is 1. The quantitative estimate of drug-likeness (QED) is 0.658. The molecule has 20 heavy (non-hydrogen) atoms. The van der Waals surface area contributed by atoms with E-state index in [1.54, 1.807) is 11.3 Å². The van der Waals surface area contributed by atoms with E-state index in [9.17, 15) is 14.5 Å². The molecule has 1 heterocycles. The second kappa shape index (κ2) is 5.76. The van der Waals surface area contributed by atoms with Crippen LogP contribution in [0.1, 0.15) is 15.3 Å². The van der Waals surface area contributed by atoms with Crippen LogP contribution in [0.3, 0.4) is 0 Å². The Bertz CT molecular complexity index is 653. The SMILES string of the molecule is Cc1cc(CNc2cc(Cl)c(F)cc2[N+](=O)[O-])sc1C. The first-order valence-electron chi connectivity index (χ1n) is 5.81. The normalized spacial score (nSPS) is 10.6. The zero-order valence-electron chi connectivity index (χ0n) is 10.9. The summed E-state index contributed by atoms with van der Waals surface area (Å²) in [6.07, 6.45) is 0. The Morgan fingerprint density at radius 2 is 2.10 bits per heavy atom. The molecule has 0 saturated carbocycles. The van der Waals surface area contributed by atoms with Crippen molar-refractivity contribution in [1.29, 1.82) is 0 Å². The Morgan fingerprint density at radius 1 is 1.40 bits per heavy atom. The topological polar surface area (TPSA) is 55.2 Å². The van der Waals surface area contributed by atoms with Crippen LogP contribution in [0, 0.1) is 29.8 Å². The van der Waals surface area contributed by atoms with Gasteiger partial charge >= 0.3 is 0 Å². The third-order valence-corrected chi connectivity index (χ3v) is 4.35. The van der Waals surface area contributed by atoms with Gasteiger partial charge in [-0.15, -0.1) is 11.3 Å². The van der Waals surface area contributed by atoms with Gasteiger partial charge in [0.05, 0.1) is 16.0 Å². The van der Waals surface area contributed by atoms with Gasteiger partial charge in [-0.3, -0.25) is 10.1 Å². The molecule has 1 aromatic heterocycles. The monoisotopic (exact) mass is 314 g/mol. The van der Waals surface area contributed by atoms with Gasteiger partial charge in [0.15, 0.2) is 0 Å². The minimum absolute atomic E-state index is 0.142. The molecule has 4 nitrogen and oxygen atoms in total. The number of hydrogen-bond donors (Lipinski definition) is 1. The molecular weight excluding hydrogens is 303 g/mol. The molecule has 0 aliphatic heterocycles. The lowest BCUT2D eigenvalue weighted by Crippen LogP contribution is -2.02. The molecule has 0 spiro atoms. The maximum Gasteiger partial charge on any atom is 0.295 e. The molecule has 2 rings (SSSR count). The van der Waals surface area contributed by atoms with E-state index in [4.69, 9.17) is 11.6 Å². The summed E-state index contributed by atoms with van der Waals surface area (Å²) in [5, 5.41) is 13.7. The van der Waals surface area contributed by atoms with Crippen molar-refractivity contribution >= 4 is 34.3 Å². The minimum atomic E-state index is -0.799. The number of benzene rings is 1. The molecule has 0 saturated heterocycles. The van der Waals surface area contributed by atoms with E-state index in [-0.39, 0.29) is 16.4 Å². The number of nitro benzene ring substituents is 1. The fraction of sp³-hybridized carbons (Fsp3) is 0.231. The Morgan fingerprint density at radius 3 is 2.65 bits per heavy atom. The van der Waals surface area contributed by atoms with Crippen LogP contribution in [0.15, 0.2) is 18.2 Å². The van der Waals surface area contributed by atoms with Crippen molar-refractivity contribution in [2.75, 3.05) is 5.32 Å². The molecule has 1 N–H and O–H groups in total. The van der Waals surface area contributed by atoms with Gasteiger partial charge in [0.1, 0.15) is 11.5 Å². The average Bonchev–Trinajstić information content (AvgIpc) is 2.69. The van der Waals surface area contributed by atoms with Crippen molar-refractivity contribution in [3.63, 3.8) is 0 Å². The number of anilines is 1. The van der Waals surface area contributed by atoms with Crippen molar-refractivity contribution in [3.05, 3.63) is 54.5 Å². The molecule has 0 fully saturated rings. The van der Waals surface area contributed by atoms with Crippen LogP contribution in [-0.2, 0) is 6.54 Å².